The average Bonchev–Trinajstić information content (AvgIpc) is 3.42. The molecule has 0 aromatic carbocycles. The molecule has 0 heterocycles. The molecule has 0 aliphatic rings. The molecule has 0 bridgehead atoms. The van der Waals surface area contributed by atoms with Crippen LogP contribution in [-0.2, 0) is 14.3 Å². The third-order valence-corrected chi connectivity index (χ3v) is 16.6. The standard InChI is InChI=1S/C70H137NO5/c1-3-5-7-9-11-13-15-17-19-20-21-22-23-24-25-26-29-32-35-38-42-46-50-54-58-62-68(73)67(66-72)71-69(74)63-59-55-51-47-43-39-36-33-30-27-28-31-34-37-41-45-49-53-57-61-65-76-70(75)64-60-56-52-48-44-40-18-16-14-12-10-8-6-4-2/h27,30,67-68,72-73H,3-26,28-29,31-66H2,1-2H3,(H,71,74)/b30-27-. The molecule has 2 unspecified atom stereocenters. The number of carbonyl (C=O) groups is 2. The molecule has 3 N–H and O–H groups in total. The van der Waals surface area contributed by atoms with Gasteiger partial charge in [0, 0.05) is 12.8 Å². The Morgan fingerprint density at radius 2 is 0.618 bits per heavy atom. The van der Waals surface area contributed by atoms with Crippen LogP contribution >= 0.6 is 0 Å². The minimum Gasteiger partial charge on any atom is -0.466 e. The number of unbranched alkanes of at least 4 members (excludes halogenated alkanes) is 53. The lowest BCUT2D eigenvalue weighted by atomic mass is 10.0. The summed E-state index contributed by atoms with van der Waals surface area (Å²) < 4.78 is 5.49. The zero-order valence-corrected chi connectivity index (χ0v) is 51.8. The van der Waals surface area contributed by atoms with Crippen molar-refractivity contribution < 1.29 is 24.5 Å². The predicted octanol–water partition coefficient (Wildman–Crippen LogP) is 22.4. The second-order valence-electron chi connectivity index (χ2n) is 24.2. The molecule has 0 aliphatic carbocycles. The summed E-state index contributed by atoms with van der Waals surface area (Å²) >= 11 is 0. The van der Waals surface area contributed by atoms with Crippen molar-refractivity contribution in [3.05, 3.63) is 12.2 Å². The van der Waals surface area contributed by atoms with Gasteiger partial charge in [-0.05, 0) is 51.4 Å². The van der Waals surface area contributed by atoms with Crippen molar-refractivity contribution in [2.75, 3.05) is 13.2 Å². The van der Waals surface area contributed by atoms with Gasteiger partial charge in [-0.1, -0.05) is 347 Å². The van der Waals surface area contributed by atoms with Crippen molar-refractivity contribution in [2.45, 2.75) is 411 Å². The number of esters is 1. The smallest absolute Gasteiger partial charge is 0.305 e. The van der Waals surface area contributed by atoms with Crippen molar-refractivity contribution >= 4 is 11.9 Å². The fraction of sp³-hybridized carbons (Fsp3) is 0.943. The number of amides is 1. The van der Waals surface area contributed by atoms with Crippen LogP contribution in [0, 0.1) is 0 Å². The Hall–Kier alpha value is -1.40. The van der Waals surface area contributed by atoms with Crippen LogP contribution in [0.25, 0.3) is 0 Å². The van der Waals surface area contributed by atoms with Gasteiger partial charge in [0.1, 0.15) is 0 Å². The molecule has 6 nitrogen and oxygen atoms in total. The fourth-order valence-electron chi connectivity index (χ4n) is 11.2. The van der Waals surface area contributed by atoms with Crippen LogP contribution in [0.2, 0.25) is 0 Å². The van der Waals surface area contributed by atoms with E-state index < -0.39 is 12.1 Å². The average molecular weight is 1070 g/mol. The number of aliphatic hydroxyl groups excluding tert-OH is 2. The summed E-state index contributed by atoms with van der Waals surface area (Å²) in [5.41, 5.74) is 0. The molecule has 6 heteroatoms. The van der Waals surface area contributed by atoms with E-state index in [1.165, 1.54) is 327 Å². The summed E-state index contributed by atoms with van der Waals surface area (Å²) in [6, 6.07) is -0.549. The van der Waals surface area contributed by atoms with Gasteiger partial charge in [0.05, 0.1) is 25.4 Å². The predicted molar refractivity (Wildman–Crippen MR) is 333 cm³/mol. The van der Waals surface area contributed by atoms with Gasteiger partial charge in [-0.3, -0.25) is 9.59 Å². The highest BCUT2D eigenvalue weighted by Gasteiger charge is 2.20. The van der Waals surface area contributed by atoms with Gasteiger partial charge in [0.2, 0.25) is 5.91 Å². The van der Waals surface area contributed by atoms with Crippen LogP contribution in [0.15, 0.2) is 12.2 Å². The van der Waals surface area contributed by atoms with Crippen LogP contribution in [-0.4, -0.2) is 47.4 Å². The zero-order chi connectivity index (χ0) is 55.0. The fourth-order valence-corrected chi connectivity index (χ4v) is 11.2. The van der Waals surface area contributed by atoms with Gasteiger partial charge in [0.15, 0.2) is 0 Å². The number of rotatable bonds is 66. The van der Waals surface area contributed by atoms with Crippen molar-refractivity contribution in [1.82, 2.24) is 5.32 Å². The number of hydrogen-bond donors (Lipinski definition) is 3. The molecule has 0 saturated carbocycles. The Labute approximate surface area is 476 Å². The summed E-state index contributed by atoms with van der Waals surface area (Å²) in [4.78, 5) is 24.6. The Morgan fingerprint density at radius 1 is 0.355 bits per heavy atom. The molecule has 2 atom stereocenters. The first-order chi connectivity index (χ1) is 37.5. The lowest BCUT2D eigenvalue weighted by Gasteiger charge is -2.22. The number of allylic oxidation sites excluding steroid dienone is 2. The third kappa shape index (κ3) is 61.8. The van der Waals surface area contributed by atoms with Crippen LogP contribution in [0.3, 0.4) is 0 Å². The summed E-state index contributed by atoms with van der Waals surface area (Å²) in [5.74, 6) is -0.0285. The molecule has 0 aromatic rings. The van der Waals surface area contributed by atoms with Crippen molar-refractivity contribution in [2.24, 2.45) is 0 Å². The molecular weight excluding hydrogens is 935 g/mol. The van der Waals surface area contributed by atoms with Crippen LogP contribution in [0.1, 0.15) is 399 Å². The molecular formula is C70H137NO5. The summed E-state index contributed by atoms with van der Waals surface area (Å²) in [6.07, 6.45) is 81.1. The molecule has 0 aliphatic heterocycles. The molecule has 0 fully saturated rings. The van der Waals surface area contributed by atoms with E-state index in [1.54, 1.807) is 0 Å². The topological polar surface area (TPSA) is 95.9 Å². The Morgan fingerprint density at radius 3 is 0.934 bits per heavy atom. The second kappa shape index (κ2) is 66.1. The maximum atomic E-state index is 12.5. The number of carbonyl (C=O) groups excluding carboxylic acids is 2. The minimum atomic E-state index is -0.671. The lowest BCUT2D eigenvalue weighted by Crippen LogP contribution is -2.45. The highest BCUT2D eigenvalue weighted by Crippen LogP contribution is 2.19. The molecule has 1 amide bonds. The number of nitrogens with one attached hydrogen (secondary N) is 1. The lowest BCUT2D eigenvalue weighted by molar-refractivity contribution is -0.143. The van der Waals surface area contributed by atoms with Crippen LogP contribution in [0.5, 0.6) is 0 Å². The highest BCUT2D eigenvalue weighted by molar-refractivity contribution is 5.76. The van der Waals surface area contributed by atoms with E-state index in [-0.39, 0.29) is 18.5 Å². The van der Waals surface area contributed by atoms with Crippen molar-refractivity contribution in [3.8, 4) is 0 Å². The van der Waals surface area contributed by atoms with E-state index in [4.69, 9.17) is 4.74 Å². The van der Waals surface area contributed by atoms with E-state index in [0.717, 1.165) is 38.5 Å². The van der Waals surface area contributed by atoms with E-state index in [9.17, 15) is 19.8 Å². The SMILES string of the molecule is CCCCCCCCCCCCCCCCCCCCCCCCCCCC(O)C(CO)NC(=O)CCCCCCCCC/C=C\CCCCCCCCCCCOC(=O)CCCCCCCCCCCCCCCC. The molecule has 0 spiro atoms. The first-order valence-electron chi connectivity index (χ1n) is 34.9. The van der Waals surface area contributed by atoms with E-state index in [2.05, 4.69) is 31.3 Å². The quantitative estimate of drug-likeness (QED) is 0.0320. The van der Waals surface area contributed by atoms with Gasteiger partial charge < -0.3 is 20.3 Å². The maximum absolute atomic E-state index is 12.5. The maximum Gasteiger partial charge on any atom is 0.305 e. The van der Waals surface area contributed by atoms with Gasteiger partial charge in [-0.2, -0.15) is 0 Å². The molecule has 0 saturated heterocycles. The largest absolute Gasteiger partial charge is 0.466 e. The second-order valence-corrected chi connectivity index (χ2v) is 24.2. The Balaban J connectivity index is 3.41. The summed E-state index contributed by atoms with van der Waals surface area (Å²) in [6.45, 7) is 4.99. The van der Waals surface area contributed by atoms with Gasteiger partial charge in [-0.25, -0.2) is 0 Å². The van der Waals surface area contributed by atoms with Crippen LogP contribution in [0.4, 0.5) is 0 Å². The monoisotopic (exact) mass is 1070 g/mol. The first kappa shape index (κ1) is 74.6. The number of ether oxygens (including phenoxy) is 1. The van der Waals surface area contributed by atoms with Gasteiger partial charge in [0.25, 0.3) is 0 Å². The van der Waals surface area contributed by atoms with E-state index in [0.29, 0.717) is 25.9 Å². The van der Waals surface area contributed by atoms with E-state index >= 15 is 0 Å². The van der Waals surface area contributed by atoms with Crippen molar-refractivity contribution in [1.29, 1.82) is 0 Å². The van der Waals surface area contributed by atoms with Gasteiger partial charge in [-0.15, -0.1) is 0 Å². The molecule has 0 radical (unpaired) electrons. The number of aliphatic hydroxyl groups is 2. The third-order valence-electron chi connectivity index (χ3n) is 16.6. The van der Waals surface area contributed by atoms with Crippen LogP contribution < -0.4 is 5.32 Å². The highest BCUT2D eigenvalue weighted by atomic mass is 16.5. The first-order valence-corrected chi connectivity index (χ1v) is 34.9. The molecule has 452 valence electrons. The summed E-state index contributed by atoms with van der Waals surface area (Å²) in [7, 11) is 0. The normalized spacial score (nSPS) is 12.5. The minimum absolute atomic E-state index is 0.00983. The van der Waals surface area contributed by atoms with E-state index in [1.807, 2.05) is 0 Å². The van der Waals surface area contributed by atoms with Crippen molar-refractivity contribution in [3.63, 3.8) is 0 Å². The summed E-state index contributed by atoms with van der Waals surface area (Å²) in [5, 5.41) is 23.4. The molecule has 0 aromatic heterocycles. The zero-order valence-electron chi connectivity index (χ0n) is 51.8. The van der Waals surface area contributed by atoms with Gasteiger partial charge >= 0.3 is 5.97 Å². The Bertz CT molecular complexity index is 1140. The molecule has 0 rings (SSSR count). The Kier molecular flexibility index (Phi) is 64.9. The molecule has 76 heavy (non-hydrogen) atoms. The number of hydrogen-bond acceptors (Lipinski definition) is 5.